The number of rotatable bonds is 3. The molecule has 1 aliphatic rings. The molecular formula is C17H18N4O3. The number of carbonyl (C=O) groups is 2. The molecule has 0 atom stereocenters. The number of nitrogens with zero attached hydrogens (tertiary/aromatic N) is 2. The van der Waals surface area contributed by atoms with E-state index in [1.54, 1.807) is 12.1 Å². The van der Waals surface area contributed by atoms with Gasteiger partial charge in [0.05, 0.1) is 0 Å². The number of carbonyl (C=O) groups excluding carboxylic acids is 2. The van der Waals surface area contributed by atoms with Crippen molar-refractivity contribution in [3.05, 3.63) is 41.5 Å². The number of ether oxygens (including phenoxy) is 1. The number of amides is 2. The molecule has 0 fully saturated rings. The first-order valence-corrected chi connectivity index (χ1v) is 7.50. The molecule has 0 unspecified atom stereocenters. The first kappa shape index (κ1) is 15.8. The van der Waals surface area contributed by atoms with E-state index in [0.717, 1.165) is 11.1 Å². The van der Waals surface area contributed by atoms with Crippen LogP contribution in [0.15, 0.2) is 30.3 Å². The van der Waals surface area contributed by atoms with E-state index in [1.807, 2.05) is 32.0 Å². The molecule has 24 heavy (non-hydrogen) atoms. The van der Waals surface area contributed by atoms with E-state index < -0.39 is 0 Å². The van der Waals surface area contributed by atoms with E-state index in [4.69, 9.17) is 10.5 Å². The molecule has 2 amide bonds. The first-order valence-electron chi connectivity index (χ1n) is 7.50. The molecule has 0 spiro atoms. The van der Waals surface area contributed by atoms with Gasteiger partial charge >= 0.3 is 0 Å². The van der Waals surface area contributed by atoms with Crippen LogP contribution in [0.5, 0.6) is 5.75 Å². The van der Waals surface area contributed by atoms with Gasteiger partial charge in [0.2, 0.25) is 5.91 Å². The second-order valence-corrected chi connectivity index (χ2v) is 5.75. The van der Waals surface area contributed by atoms with Crippen LogP contribution in [0.2, 0.25) is 0 Å². The van der Waals surface area contributed by atoms with Crippen molar-refractivity contribution in [2.45, 2.75) is 13.8 Å². The van der Waals surface area contributed by atoms with Crippen LogP contribution >= 0.6 is 0 Å². The van der Waals surface area contributed by atoms with Gasteiger partial charge in [-0.2, -0.15) is 0 Å². The normalized spacial score (nSPS) is 13.2. The van der Waals surface area contributed by atoms with Crippen molar-refractivity contribution < 1.29 is 14.3 Å². The van der Waals surface area contributed by atoms with E-state index in [2.05, 4.69) is 10.3 Å². The van der Waals surface area contributed by atoms with E-state index in [1.165, 1.54) is 4.90 Å². The molecule has 0 aliphatic carbocycles. The highest BCUT2D eigenvalue weighted by Gasteiger charge is 2.28. The number of aromatic nitrogens is 1. The number of anilines is 3. The van der Waals surface area contributed by atoms with Crippen molar-refractivity contribution in [2.24, 2.45) is 0 Å². The highest BCUT2D eigenvalue weighted by atomic mass is 16.5. The minimum atomic E-state index is -0.337. The summed E-state index contributed by atoms with van der Waals surface area (Å²) in [7, 11) is 0. The summed E-state index contributed by atoms with van der Waals surface area (Å²) >= 11 is 0. The van der Waals surface area contributed by atoms with Gasteiger partial charge in [0.1, 0.15) is 12.4 Å². The zero-order valence-electron chi connectivity index (χ0n) is 13.5. The number of nitrogens with two attached hydrogens (primary N) is 1. The summed E-state index contributed by atoms with van der Waals surface area (Å²) in [5.74, 6) is 0.304. The lowest BCUT2D eigenvalue weighted by Gasteiger charge is -2.27. The number of nitrogen functional groups attached to an aromatic ring is 1. The number of pyridine rings is 1. The Bertz CT molecular complexity index is 799. The second-order valence-electron chi connectivity index (χ2n) is 5.75. The Kier molecular flexibility index (Phi) is 4.07. The Morgan fingerprint density at radius 2 is 2.00 bits per heavy atom. The summed E-state index contributed by atoms with van der Waals surface area (Å²) in [4.78, 5) is 29.8. The fourth-order valence-corrected chi connectivity index (χ4v) is 2.65. The molecule has 3 rings (SSSR count). The van der Waals surface area contributed by atoms with Crippen LogP contribution in [-0.2, 0) is 9.59 Å². The third kappa shape index (κ3) is 3.29. The Morgan fingerprint density at radius 1 is 1.29 bits per heavy atom. The van der Waals surface area contributed by atoms with Gasteiger partial charge in [0.15, 0.2) is 18.2 Å². The molecule has 2 aromatic rings. The smallest absolute Gasteiger partial charge is 0.266 e. The maximum absolute atomic E-state index is 12.3. The number of hydrogen-bond acceptors (Lipinski definition) is 5. The molecule has 2 heterocycles. The standard InChI is InChI=1S/C17H18N4O3/c1-10-5-11(2)7-12(6-10)19-15(22)8-21-16(23)9-24-13-3-4-14(18)20-17(13)21/h3-7H,8-9H2,1-2H3,(H2,18,20)(H,19,22). The average molecular weight is 326 g/mol. The minimum Gasteiger partial charge on any atom is -0.480 e. The second kappa shape index (κ2) is 6.19. The van der Waals surface area contributed by atoms with Gasteiger partial charge in [-0.05, 0) is 49.2 Å². The van der Waals surface area contributed by atoms with Gasteiger partial charge in [0, 0.05) is 5.69 Å². The number of aryl methyl sites for hydroxylation is 2. The third-order valence-electron chi connectivity index (χ3n) is 3.58. The highest BCUT2D eigenvalue weighted by molar-refractivity contribution is 6.04. The quantitative estimate of drug-likeness (QED) is 0.893. The number of hydrogen-bond donors (Lipinski definition) is 2. The molecular weight excluding hydrogens is 308 g/mol. The molecule has 0 bridgehead atoms. The lowest BCUT2D eigenvalue weighted by molar-refractivity contribution is -0.123. The molecule has 0 radical (unpaired) electrons. The lowest BCUT2D eigenvalue weighted by atomic mass is 10.1. The summed E-state index contributed by atoms with van der Waals surface area (Å²) in [6.45, 7) is 3.63. The van der Waals surface area contributed by atoms with Crippen molar-refractivity contribution in [1.82, 2.24) is 4.98 Å². The van der Waals surface area contributed by atoms with Gasteiger partial charge in [-0.1, -0.05) is 6.07 Å². The van der Waals surface area contributed by atoms with Gasteiger partial charge in [-0.15, -0.1) is 0 Å². The molecule has 7 heteroatoms. The molecule has 3 N–H and O–H groups in total. The first-order chi connectivity index (χ1) is 11.4. The van der Waals surface area contributed by atoms with Gasteiger partial charge in [-0.3, -0.25) is 14.5 Å². The Hall–Kier alpha value is -3.09. The maximum Gasteiger partial charge on any atom is 0.266 e. The molecule has 1 aromatic heterocycles. The van der Waals surface area contributed by atoms with Crippen molar-refractivity contribution in [3.8, 4) is 5.75 Å². The fraction of sp³-hybridized carbons (Fsp3) is 0.235. The molecule has 7 nitrogen and oxygen atoms in total. The van der Waals surface area contributed by atoms with Crippen molar-refractivity contribution >= 4 is 29.1 Å². The van der Waals surface area contributed by atoms with Crippen LogP contribution in [0.3, 0.4) is 0 Å². The topological polar surface area (TPSA) is 97.5 Å². The monoisotopic (exact) mass is 326 g/mol. The summed E-state index contributed by atoms with van der Waals surface area (Å²) in [6.07, 6.45) is 0. The van der Waals surface area contributed by atoms with Crippen LogP contribution in [-0.4, -0.2) is 29.9 Å². The highest BCUT2D eigenvalue weighted by Crippen LogP contribution is 2.30. The Labute approximate surface area is 139 Å². The zero-order chi connectivity index (χ0) is 17.3. The largest absolute Gasteiger partial charge is 0.480 e. The summed E-state index contributed by atoms with van der Waals surface area (Å²) < 4.78 is 5.31. The molecule has 124 valence electrons. The Balaban J connectivity index is 1.79. The molecule has 0 saturated heterocycles. The fourth-order valence-electron chi connectivity index (χ4n) is 2.65. The van der Waals surface area contributed by atoms with Gasteiger partial charge in [0.25, 0.3) is 5.91 Å². The SMILES string of the molecule is Cc1cc(C)cc(NC(=O)CN2C(=O)COc3ccc(N)nc32)c1. The van der Waals surface area contributed by atoms with Gasteiger partial charge < -0.3 is 15.8 Å². The Morgan fingerprint density at radius 3 is 2.71 bits per heavy atom. The van der Waals surface area contributed by atoms with Crippen molar-refractivity contribution in [3.63, 3.8) is 0 Å². The third-order valence-corrected chi connectivity index (χ3v) is 3.58. The summed E-state index contributed by atoms with van der Waals surface area (Å²) in [5, 5.41) is 2.80. The minimum absolute atomic E-state index is 0.130. The number of nitrogens with one attached hydrogen (secondary N) is 1. The molecule has 1 aliphatic heterocycles. The predicted molar refractivity (Wildman–Crippen MR) is 91.0 cm³/mol. The van der Waals surface area contributed by atoms with E-state index >= 15 is 0 Å². The number of fused-ring (bicyclic) bond motifs is 1. The van der Waals surface area contributed by atoms with Crippen LogP contribution in [0.1, 0.15) is 11.1 Å². The van der Waals surface area contributed by atoms with E-state index in [0.29, 0.717) is 11.4 Å². The van der Waals surface area contributed by atoms with Crippen molar-refractivity contribution in [2.75, 3.05) is 29.1 Å². The van der Waals surface area contributed by atoms with E-state index in [9.17, 15) is 9.59 Å². The van der Waals surface area contributed by atoms with Crippen LogP contribution in [0, 0.1) is 13.8 Å². The zero-order valence-corrected chi connectivity index (χ0v) is 13.5. The van der Waals surface area contributed by atoms with E-state index in [-0.39, 0.29) is 36.6 Å². The predicted octanol–water partition coefficient (Wildman–Crippen LogP) is 1.64. The van der Waals surface area contributed by atoms with Gasteiger partial charge in [-0.25, -0.2) is 4.98 Å². The molecule has 1 aromatic carbocycles. The number of benzene rings is 1. The van der Waals surface area contributed by atoms with Crippen LogP contribution < -0.4 is 20.7 Å². The van der Waals surface area contributed by atoms with Crippen LogP contribution in [0.4, 0.5) is 17.3 Å². The lowest BCUT2D eigenvalue weighted by Crippen LogP contribution is -2.44. The average Bonchev–Trinajstić information content (AvgIpc) is 2.49. The van der Waals surface area contributed by atoms with Crippen molar-refractivity contribution in [1.29, 1.82) is 0 Å². The maximum atomic E-state index is 12.3. The summed E-state index contributed by atoms with van der Waals surface area (Å²) in [6, 6.07) is 8.98. The summed E-state index contributed by atoms with van der Waals surface area (Å²) in [5.41, 5.74) is 8.46. The molecule has 0 saturated carbocycles. The van der Waals surface area contributed by atoms with Crippen LogP contribution in [0.25, 0.3) is 0 Å².